The van der Waals surface area contributed by atoms with Gasteiger partial charge in [0, 0.05) is 18.7 Å². The molecule has 38 heavy (non-hydrogen) atoms. The van der Waals surface area contributed by atoms with Crippen LogP contribution in [0.1, 0.15) is 53.1 Å². The molecule has 1 saturated carbocycles. The van der Waals surface area contributed by atoms with Crippen molar-refractivity contribution in [3.63, 3.8) is 0 Å². The van der Waals surface area contributed by atoms with E-state index >= 15 is 0 Å². The molecule has 7 rings (SSSR count). The van der Waals surface area contributed by atoms with Crippen LogP contribution in [0, 0.1) is 0 Å². The van der Waals surface area contributed by atoms with E-state index in [1.807, 2.05) is 41.1 Å². The normalized spacial score (nSPS) is 23.6. The van der Waals surface area contributed by atoms with Crippen molar-refractivity contribution in [3.05, 3.63) is 95.3 Å². The first-order valence-corrected chi connectivity index (χ1v) is 13.3. The third-order valence-electron chi connectivity index (χ3n) is 8.08. The lowest BCUT2D eigenvalue weighted by Gasteiger charge is -2.35. The number of hydrogen-bond acceptors (Lipinski definition) is 5. The lowest BCUT2D eigenvalue weighted by atomic mass is 9.92. The Morgan fingerprint density at radius 1 is 1.08 bits per heavy atom. The van der Waals surface area contributed by atoms with E-state index in [1.54, 1.807) is 24.1 Å². The van der Waals surface area contributed by atoms with Gasteiger partial charge in [0.05, 0.1) is 18.6 Å². The van der Waals surface area contributed by atoms with Crippen molar-refractivity contribution in [2.75, 3.05) is 17.3 Å². The van der Waals surface area contributed by atoms with Crippen LogP contribution in [0.25, 0.3) is 0 Å². The number of nitrogens with one attached hydrogen (secondary N) is 1. The lowest BCUT2D eigenvalue weighted by Crippen LogP contribution is -2.52. The summed E-state index contributed by atoms with van der Waals surface area (Å²) in [6.07, 6.45) is 8.98. The van der Waals surface area contributed by atoms with Crippen molar-refractivity contribution in [1.29, 1.82) is 0 Å². The van der Waals surface area contributed by atoms with Crippen molar-refractivity contribution in [2.24, 2.45) is 4.99 Å². The quantitative estimate of drug-likeness (QED) is 0.476. The minimum Gasteiger partial charge on any atom is -0.338 e. The molecule has 1 fully saturated rings. The number of allylic oxidation sites excluding steroid dienone is 4. The molecule has 1 amide bonds. The van der Waals surface area contributed by atoms with Crippen molar-refractivity contribution in [2.45, 2.75) is 50.2 Å². The van der Waals surface area contributed by atoms with Crippen LogP contribution in [0.5, 0.6) is 0 Å². The second kappa shape index (κ2) is 8.97. The molecule has 0 spiro atoms. The Balaban J connectivity index is 1.27. The molecule has 192 valence electrons. The van der Waals surface area contributed by atoms with Gasteiger partial charge in [0.2, 0.25) is 5.96 Å². The molecule has 2 aromatic carbocycles. The van der Waals surface area contributed by atoms with Gasteiger partial charge < -0.3 is 5.32 Å². The number of fused-ring (bicyclic) bond motifs is 5. The Morgan fingerprint density at radius 2 is 1.89 bits per heavy atom. The molecule has 3 heterocycles. The highest BCUT2D eigenvalue weighted by Gasteiger charge is 2.49. The number of aliphatic imine (C=N–C) groups is 1. The summed E-state index contributed by atoms with van der Waals surface area (Å²) < 4.78 is 15.4. The smallest absolute Gasteiger partial charge is 0.267 e. The van der Waals surface area contributed by atoms with Gasteiger partial charge in [-0.1, -0.05) is 48.5 Å². The van der Waals surface area contributed by atoms with Gasteiger partial charge in [-0.2, -0.15) is 5.10 Å². The Hall–Kier alpha value is -4.20. The van der Waals surface area contributed by atoms with E-state index in [0.717, 1.165) is 47.9 Å². The SMILES string of the molecule is CN1C(=O)c2c(Nc3ccccc3)nn(Cc3ccc(C4C=CC(F)=CC4)cc3)c2N2C1=N[C@@H]1CCC[C@@H]12. The number of halogens is 1. The Morgan fingerprint density at radius 3 is 2.66 bits per heavy atom. The van der Waals surface area contributed by atoms with Gasteiger partial charge in [-0.15, -0.1) is 0 Å². The zero-order valence-corrected chi connectivity index (χ0v) is 21.2. The highest BCUT2D eigenvalue weighted by Crippen LogP contribution is 2.43. The number of nitrogens with zero attached hydrogens (tertiary/aromatic N) is 5. The number of aromatic nitrogens is 2. The van der Waals surface area contributed by atoms with Crippen molar-refractivity contribution in [3.8, 4) is 0 Å². The maximum absolute atomic E-state index is 13.7. The van der Waals surface area contributed by atoms with E-state index in [4.69, 9.17) is 10.1 Å². The summed E-state index contributed by atoms with van der Waals surface area (Å²) >= 11 is 0. The highest BCUT2D eigenvalue weighted by molar-refractivity contribution is 6.21. The molecule has 3 aromatic rings. The summed E-state index contributed by atoms with van der Waals surface area (Å²) in [5, 5.41) is 8.36. The summed E-state index contributed by atoms with van der Waals surface area (Å²) in [5.74, 6) is 2.01. The minimum absolute atomic E-state index is 0.0978. The maximum atomic E-state index is 13.7. The van der Waals surface area contributed by atoms with Gasteiger partial charge in [-0.05, 0) is 61.1 Å². The molecule has 0 saturated heterocycles. The van der Waals surface area contributed by atoms with Crippen LogP contribution in [-0.4, -0.2) is 45.7 Å². The summed E-state index contributed by atoms with van der Waals surface area (Å²) in [6.45, 7) is 0.520. The minimum atomic E-state index is -0.171. The second-order valence-corrected chi connectivity index (χ2v) is 10.5. The molecule has 7 nitrogen and oxygen atoms in total. The molecule has 3 atom stereocenters. The number of benzene rings is 2. The topological polar surface area (TPSA) is 65.8 Å². The van der Waals surface area contributed by atoms with E-state index in [2.05, 4.69) is 34.5 Å². The van der Waals surface area contributed by atoms with Crippen LogP contribution >= 0.6 is 0 Å². The van der Waals surface area contributed by atoms with Crippen LogP contribution in [-0.2, 0) is 6.54 Å². The molecule has 4 aliphatic rings. The number of carbonyl (C=O) groups excluding carboxylic acids is 1. The molecule has 0 bridgehead atoms. The number of para-hydroxylation sites is 1. The molecule has 2 aliphatic carbocycles. The predicted molar refractivity (Wildman–Crippen MR) is 147 cm³/mol. The molecule has 0 radical (unpaired) electrons. The molecule has 1 N–H and O–H groups in total. The second-order valence-electron chi connectivity index (χ2n) is 10.5. The third-order valence-corrected chi connectivity index (χ3v) is 8.08. The fraction of sp³-hybridized carbons (Fsp3) is 0.300. The van der Waals surface area contributed by atoms with Gasteiger partial charge in [0.1, 0.15) is 17.2 Å². The number of guanidine groups is 1. The number of carbonyl (C=O) groups is 1. The zero-order valence-electron chi connectivity index (χ0n) is 21.2. The number of rotatable bonds is 5. The Labute approximate surface area is 221 Å². The fourth-order valence-electron chi connectivity index (χ4n) is 6.13. The van der Waals surface area contributed by atoms with Gasteiger partial charge in [0.25, 0.3) is 5.91 Å². The number of hydrogen-bond donors (Lipinski definition) is 1. The van der Waals surface area contributed by atoms with Crippen molar-refractivity contribution >= 4 is 29.2 Å². The van der Waals surface area contributed by atoms with Gasteiger partial charge in [0.15, 0.2) is 5.82 Å². The monoisotopic (exact) mass is 508 g/mol. The van der Waals surface area contributed by atoms with Gasteiger partial charge in [-0.25, -0.2) is 14.1 Å². The van der Waals surface area contributed by atoms with Gasteiger partial charge in [-0.3, -0.25) is 14.6 Å². The lowest BCUT2D eigenvalue weighted by molar-refractivity contribution is 0.0865. The van der Waals surface area contributed by atoms with E-state index in [9.17, 15) is 9.18 Å². The van der Waals surface area contributed by atoms with E-state index in [-0.39, 0.29) is 29.7 Å². The molecule has 1 unspecified atom stereocenters. The molecular formula is C30H29FN6O. The molecule has 2 aliphatic heterocycles. The largest absolute Gasteiger partial charge is 0.338 e. The third kappa shape index (κ3) is 3.74. The van der Waals surface area contributed by atoms with Gasteiger partial charge >= 0.3 is 0 Å². The van der Waals surface area contributed by atoms with Crippen LogP contribution in [0.4, 0.5) is 21.7 Å². The molecule has 8 heteroatoms. The van der Waals surface area contributed by atoms with Crippen LogP contribution < -0.4 is 10.2 Å². The first-order valence-electron chi connectivity index (χ1n) is 13.3. The summed E-state index contributed by atoms with van der Waals surface area (Å²) in [4.78, 5) is 22.6. The average molecular weight is 509 g/mol. The number of anilines is 3. The first kappa shape index (κ1) is 23.0. The summed E-state index contributed by atoms with van der Waals surface area (Å²) in [7, 11) is 1.81. The fourth-order valence-corrected chi connectivity index (χ4v) is 6.13. The van der Waals surface area contributed by atoms with E-state index < -0.39 is 0 Å². The van der Waals surface area contributed by atoms with Crippen LogP contribution in [0.2, 0.25) is 0 Å². The van der Waals surface area contributed by atoms with Crippen LogP contribution in [0.15, 0.2) is 83.6 Å². The molecular weight excluding hydrogens is 479 g/mol. The zero-order chi connectivity index (χ0) is 25.8. The van der Waals surface area contributed by atoms with Crippen molar-refractivity contribution < 1.29 is 9.18 Å². The van der Waals surface area contributed by atoms with Crippen molar-refractivity contribution in [1.82, 2.24) is 14.7 Å². The van der Waals surface area contributed by atoms with E-state index in [0.29, 0.717) is 24.3 Å². The molecule has 1 aromatic heterocycles. The Kier molecular flexibility index (Phi) is 5.42. The van der Waals surface area contributed by atoms with Crippen LogP contribution in [0.3, 0.4) is 0 Å². The van der Waals surface area contributed by atoms with E-state index in [1.165, 1.54) is 0 Å². The summed E-state index contributed by atoms with van der Waals surface area (Å²) in [5.41, 5.74) is 3.70. The average Bonchev–Trinajstić information content (AvgIpc) is 3.63. The highest BCUT2D eigenvalue weighted by atomic mass is 19.1. The predicted octanol–water partition coefficient (Wildman–Crippen LogP) is 5.75. The first-order chi connectivity index (χ1) is 18.6. The Bertz CT molecular complexity index is 1490. The number of amides is 1. The standard InChI is InChI=1S/C30H29FN6O/c1-35-29(38)26-27(32-23-6-3-2-4-7-23)34-36(28(26)37-25-9-5-8-24(25)33-30(35)37)18-19-10-12-20(13-11-19)21-14-16-22(31)17-15-21/h2-4,6-7,10-14,16-17,21,24-25H,5,8-9,15,18H2,1H3,(H,32,34)/t21?,24-,25+/m1/s1. The maximum Gasteiger partial charge on any atom is 0.267 e. The summed E-state index contributed by atoms with van der Waals surface area (Å²) in [6, 6.07) is 18.7.